The maximum atomic E-state index is 11.5. The molecule has 3 atom stereocenters. The van der Waals surface area contributed by atoms with Gasteiger partial charge in [-0.3, -0.25) is 29.7 Å². The normalized spacial score (nSPS) is 12.1. The molecule has 2 amide bonds. The Labute approximate surface area is 191 Å². The van der Waals surface area contributed by atoms with E-state index in [1.807, 2.05) is 0 Å². The fourth-order valence-electron chi connectivity index (χ4n) is 1.24. The highest BCUT2D eigenvalue weighted by Crippen LogP contribution is 1.97. The zero-order chi connectivity index (χ0) is 23.8. The van der Waals surface area contributed by atoms with Crippen molar-refractivity contribution in [2.75, 3.05) is 30.5 Å². The van der Waals surface area contributed by atoms with Gasteiger partial charge in [0.15, 0.2) is 13.0 Å². The number of carbonyl (C=O) groups is 5. The SMILES string of the molecule is CC(CC(=O)NC(CS)C(=O)NCOC=O)OC=O.NC(CS)OC=O.NCCS. The molecule has 6 N–H and O–H groups in total. The van der Waals surface area contributed by atoms with Crippen molar-refractivity contribution in [1.29, 1.82) is 0 Å². The highest BCUT2D eigenvalue weighted by molar-refractivity contribution is 7.80. The fraction of sp³-hybridized carbons (Fsp3) is 0.667. The molecule has 0 spiro atoms. The summed E-state index contributed by atoms with van der Waals surface area (Å²) < 4.78 is 13.1. The van der Waals surface area contributed by atoms with Crippen LogP contribution in [0, 0.1) is 0 Å². The van der Waals surface area contributed by atoms with Crippen LogP contribution in [0.4, 0.5) is 0 Å². The molecule has 0 aromatic carbocycles. The Morgan fingerprint density at radius 1 is 1.03 bits per heavy atom. The molecular formula is C15H30N4O8S3. The molecular weight excluding hydrogens is 460 g/mol. The smallest absolute Gasteiger partial charge is 0.294 e. The lowest BCUT2D eigenvalue weighted by Gasteiger charge is -2.17. The maximum absolute atomic E-state index is 11.5. The molecule has 0 aromatic heterocycles. The highest BCUT2D eigenvalue weighted by Gasteiger charge is 2.20. The van der Waals surface area contributed by atoms with Gasteiger partial charge in [-0.2, -0.15) is 37.9 Å². The second kappa shape index (κ2) is 25.4. The fourth-order valence-corrected chi connectivity index (χ4v) is 1.58. The molecule has 0 heterocycles. The van der Waals surface area contributed by atoms with Crippen molar-refractivity contribution < 1.29 is 38.2 Å². The van der Waals surface area contributed by atoms with E-state index < -0.39 is 30.2 Å². The molecule has 15 heteroatoms. The molecule has 0 saturated carbocycles. The number of thiol groups is 3. The summed E-state index contributed by atoms with van der Waals surface area (Å²) in [6, 6.07) is -0.866. The standard InChI is InChI=1S/C10H16N2O6S.C3H7NO2S.C2H7NS/c1-7(18-6-14)2-9(15)12-8(3-19)10(16)11-4-17-5-13;4-3(1-7)6-2-5;3-1-2-4/h5-8,19H,2-4H2,1H3,(H,11,16)(H,12,15);2-3,7H,1,4H2;4H,1-3H2. The summed E-state index contributed by atoms with van der Waals surface area (Å²) in [5, 5.41) is 4.69. The zero-order valence-electron chi connectivity index (χ0n) is 16.5. The minimum absolute atomic E-state index is 0.0683. The number of nitrogens with one attached hydrogen (secondary N) is 2. The van der Waals surface area contributed by atoms with Crippen molar-refractivity contribution in [3.05, 3.63) is 0 Å². The first kappa shape index (κ1) is 33.0. The molecule has 0 rings (SSSR count). The van der Waals surface area contributed by atoms with Crippen molar-refractivity contribution >= 4 is 69.1 Å². The van der Waals surface area contributed by atoms with Gasteiger partial charge in [0, 0.05) is 23.8 Å². The van der Waals surface area contributed by atoms with Crippen molar-refractivity contribution in [3.8, 4) is 0 Å². The third kappa shape index (κ3) is 24.4. The predicted molar refractivity (Wildman–Crippen MR) is 119 cm³/mol. The van der Waals surface area contributed by atoms with Crippen LogP contribution in [0.5, 0.6) is 0 Å². The van der Waals surface area contributed by atoms with Crippen LogP contribution in [0.2, 0.25) is 0 Å². The summed E-state index contributed by atoms with van der Waals surface area (Å²) in [6.07, 6.45) is -1.21. The van der Waals surface area contributed by atoms with Gasteiger partial charge < -0.3 is 30.6 Å². The van der Waals surface area contributed by atoms with E-state index >= 15 is 0 Å². The van der Waals surface area contributed by atoms with Gasteiger partial charge in [-0.15, -0.1) is 0 Å². The van der Waals surface area contributed by atoms with Crippen LogP contribution in [-0.2, 0) is 38.2 Å². The van der Waals surface area contributed by atoms with Crippen LogP contribution >= 0.6 is 37.9 Å². The highest BCUT2D eigenvalue weighted by atomic mass is 32.1. The van der Waals surface area contributed by atoms with E-state index in [-0.39, 0.29) is 31.8 Å². The van der Waals surface area contributed by atoms with Crippen LogP contribution in [0.3, 0.4) is 0 Å². The molecule has 0 saturated heterocycles. The molecule has 0 aromatic rings. The van der Waals surface area contributed by atoms with Crippen molar-refractivity contribution in [2.24, 2.45) is 11.5 Å². The second-order valence-electron chi connectivity index (χ2n) is 4.96. The van der Waals surface area contributed by atoms with Gasteiger partial charge in [-0.25, -0.2) is 0 Å². The summed E-state index contributed by atoms with van der Waals surface area (Å²) >= 11 is 11.5. The topological polar surface area (TPSA) is 189 Å². The molecule has 30 heavy (non-hydrogen) atoms. The van der Waals surface area contributed by atoms with Crippen LogP contribution in [0.25, 0.3) is 0 Å². The summed E-state index contributed by atoms with van der Waals surface area (Å²) in [5.74, 6) is 0.231. The lowest BCUT2D eigenvalue weighted by molar-refractivity contribution is -0.138. The number of hydrogen-bond acceptors (Lipinski definition) is 13. The number of carbonyl (C=O) groups excluding carboxylic acids is 5. The molecule has 176 valence electrons. The Morgan fingerprint density at radius 3 is 1.97 bits per heavy atom. The van der Waals surface area contributed by atoms with Gasteiger partial charge in [0.2, 0.25) is 11.8 Å². The van der Waals surface area contributed by atoms with Crippen LogP contribution in [0.1, 0.15) is 13.3 Å². The Kier molecular flexibility index (Phi) is 27.9. The minimum atomic E-state index is -0.866. The Hall–Kier alpha value is -1.68. The average molecular weight is 491 g/mol. The Balaban J connectivity index is -0.000000543. The number of ether oxygens (including phenoxy) is 3. The second-order valence-corrected chi connectivity index (χ2v) is 6.14. The molecule has 0 aliphatic carbocycles. The number of amides is 2. The summed E-state index contributed by atoms with van der Waals surface area (Å²) in [6.45, 7) is 2.68. The van der Waals surface area contributed by atoms with Gasteiger partial charge in [0.05, 0.1) is 6.42 Å². The van der Waals surface area contributed by atoms with Crippen LogP contribution in [-0.4, -0.2) is 80.1 Å². The van der Waals surface area contributed by atoms with Crippen LogP contribution in [0.15, 0.2) is 0 Å². The van der Waals surface area contributed by atoms with E-state index in [9.17, 15) is 24.0 Å². The average Bonchev–Trinajstić information content (AvgIpc) is 2.72. The molecule has 0 radical (unpaired) electrons. The van der Waals surface area contributed by atoms with Gasteiger partial charge in [-0.05, 0) is 6.92 Å². The number of nitrogens with two attached hydrogens (primary N) is 2. The van der Waals surface area contributed by atoms with Gasteiger partial charge in [0.25, 0.3) is 19.4 Å². The lowest BCUT2D eigenvalue weighted by atomic mass is 10.2. The van der Waals surface area contributed by atoms with E-state index in [0.717, 1.165) is 5.75 Å². The maximum Gasteiger partial charge on any atom is 0.294 e. The number of rotatable bonds is 14. The van der Waals surface area contributed by atoms with Crippen molar-refractivity contribution in [2.45, 2.75) is 31.7 Å². The van der Waals surface area contributed by atoms with E-state index in [4.69, 9.17) is 11.5 Å². The monoisotopic (exact) mass is 490 g/mol. The van der Waals surface area contributed by atoms with Crippen LogP contribution < -0.4 is 22.1 Å². The first-order valence-corrected chi connectivity index (χ1v) is 10.3. The van der Waals surface area contributed by atoms with Gasteiger partial charge in [0.1, 0.15) is 12.1 Å². The molecule has 0 bridgehead atoms. The largest absolute Gasteiger partial charge is 0.464 e. The van der Waals surface area contributed by atoms with Crippen molar-refractivity contribution in [1.82, 2.24) is 10.6 Å². The summed E-state index contributed by atoms with van der Waals surface area (Å²) in [7, 11) is 0. The lowest BCUT2D eigenvalue weighted by Crippen LogP contribution is -2.48. The quantitative estimate of drug-likeness (QED) is 0.0465. The molecule has 0 aliphatic rings. The zero-order valence-corrected chi connectivity index (χ0v) is 19.2. The van der Waals surface area contributed by atoms with E-state index in [2.05, 4.69) is 62.7 Å². The third-order valence-electron chi connectivity index (χ3n) is 2.53. The first-order valence-electron chi connectivity index (χ1n) is 8.36. The van der Waals surface area contributed by atoms with Gasteiger partial charge >= 0.3 is 0 Å². The van der Waals surface area contributed by atoms with E-state index in [1.54, 1.807) is 6.92 Å². The summed E-state index contributed by atoms with van der Waals surface area (Å²) in [5.41, 5.74) is 10.0. The third-order valence-corrected chi connectivity index (χ3v) is 3.52. The summed E-state index contributed by atoms with van der Waals surface area (Å²) in [4.78, 5) is 52.4. The Bertz CT molecular complexity index is 475. The van der Waals surface area contributed by atoms with Gasteiger partial charge in [-0.1, -0.05) is 0 Å². The molecule has 0 fully saturated rings. The number of hydrogen-bond donors (Lipinski definition) is 7. The first-order chi connectivity index (χ1) is 14.3. The molecule has 3 unspecified atom stereocenters. The molecule has 12 nitrogen and oxygen atoms in total. The van der Waals surface area contributed by atoms with E-state index in [0.29, 0.717) is 18.8 Å². The predicted octanol–water partition coefficient (Wildman–Crippen LogP) is -2.15. The Morgan fingerprint density at radius 2 is 1.60 bits per heavy atom. The molecule has 0 aliphatic heterocycles. The van der Waals surface area contributed by atoms with Crippen molar-refractivity contribution in [3.63, 3.8) is 0 Å². The van der Waals surface area contributed by atoms with E-state index in [1.165, 1.54) is 0 Å². The minimum Gasteiger partial charge on any atom is -0.464 e.